The molecule has 0 saturated carbocycles. The topological polar surface area (TPSA) is 30.5 Å². The average Bonchev–Trinajstić information content (AvgIpc) is 2.91. The first-order valence-corrected chi connectivity index (χ1v) is 7.04. The molecule has 1 saturated heterocycles. The maximum Gasteiger partial charge on any atom is 0.123 e. The van der Waals surface area contributed by atoms with Gasteiger partial charge in [-0.25, -0.2) is 0 Å². The molecule has 1 aromatic rings. The van der Waals surface area contributed by atoms with E-state index < -0.39 is 0 Å². The molecule has 0 amide bonds. The van der Waals surface area contributed by atoms with Gasteiger partial charge in [0, 0.05) is 24.4 Å². The lowest BCUT2D eigenvalue weighted by atomic mass is 10.2. The summed E-state index contributed by atoms with van der Waals surface area (Å²) in [5, 5.41) is 3.39. The van der Waals surface area contributed by atoms with Gasteiger partial charge in [-0.15, -0.1) is 11.6 Å². The van der Waals surface area contributed by atoms with E-state index in [0.717, 1.165) is 36.6 Å². The van der Waals surface area contributed by atoms with Crippen LogP contribution in [0.2, 0.25) is 0 Å². The molecule has 18 heavy (non-hydrogen) atoms. The average molecular weight is 270 g/mol. The molecule has 1 unspecified atom stereocenters. The Balaban J connectivity index is 1.95. The van der Waals surface area contributed by atoms with E-state index in [0.29, 0.717) is 18.6 Å². The van der Waals surface area contributed by atoms with Gasteiger partial charge in [-0.3, -0.25) is 0 Å². The minimum Gasteiger partial charge on any atom is -0.494 e. The SMILES string of the molecule is CCOc1ccc(NCC2CCCO2)cc1CCl. The number of hydrogen-bond donors (Lipinski definition) is 1. The van der Waals surface area contributed by atoms with Gasteiger partial charge in [-0.2, -0.15) is 0 Å². The Morgan fingerprint density at radius 3 is 3.06 bits per heavy atom. The van der Waals surface area contributed by atoms with E-state index in [4.69, 9.17) is 21.1 Å². The lowest BCUT2D eigenvalue weighted by Crippen LogP contribution is -2.18. The van der Waals surface area contributed by atoms with Gasteiger partial charge in [0.2, 0.25) is 0 Å². The molecular weight excluding hydrogens is 250 g/mol. The Kier molecular flexibility index (Phi) is 5.14. The van der Waals surface area contributed by atoms with Crippen LogP contribution in [0.3, 0.4) is 0 Å². The van der Waals surface area contributed by atoms with E-state index in [2.05, 4.69) is 5.32 Å². The fourth-order valence-corrected chi connectivity index (χ4v) is 2.34. The molecule has 1 aliphatic rings. The van der Waals surface area contributed by atoms with E-state index in [1.807, 2.05) is 25.1 Å². The van der Waals surface area contributed by atoms with Gasteiger partial charge < -0.3 is 14.8 Å². The van der Waals surface area contributed by atoms with Crippen LogP contribution < -0.4 is 10.1 Å². The van der Waals surface area contributed by atoms with E-state index in [1.54, 1.807) is 0 Å². The minimum absolute atomic E-state index is 0.344. The van der Waals surface area contributed by atoms with Gasteiger partial charge in [0.25, 0.3) is 0 Å². The third-order valence-electron chi connectivity index (χ3n) is 3.06. The molecule has 100 valence electrons. The van der Waals surface area contributed by atoms with Crippen molar-refractivity contribution in [1.82, 2.24) is 0 Å². The first-order chi connectivity index (χ1) is 8.83. The molecular formula is C14H20ClNO2. The molecule has 1 aliphatic heterocycles. The van der Waals surface area contributed by atoms with Gasteiger partial charge in [0.15, 0.2) is 0 Å². The summed E-state index contributed by atoms with van der Waals surface area (Å²) in [5.74, 6) is 1.33. The largest absolute Gasteiger partial charge is 0.494 e. The summed E-state index contributed by atoms with van der Waals surface area (Å²) >= 11 is 5.93. The summed E-state index contributed by atoms with van der Waals surface area (Å²) in [4.78, 5) is 0. The number of hydrogen-bond acceptors (Lipinski definition) is 3. The zero-order chi connectivity index (χ0) is 12.8. The number of ether oxygens (including phenoxy) is 2. The number of halogens is 1. The smallest absolute Gasteiger partial charge is 0.123 e. The second kappa shape index (κ2) is 6.86. The van der Waals surface area contributed by atoms with Crippen LogP contribution in [-0.4, -0.2) is 25.9 Å². The lowest BCUT2D eigenvalue weighted by Gasteiger charge is -2.14. The number of nitrogens with one attached hydrogen (secondary N) is 1. The zero-order valence-corrected chi connectivity index (χ0v) is 11.5. The van der Waals surface area contributed by atoms with Crippen molar-refractivity contribution in [3.63, 3.8) is 0 Å². The van der Waals surface area contributed by atoms with Crippen molar-refractivity contribution in [2.45, 2.75) is 31.7 Å². The maximum atomic E-state index is 5.93. The summed E-state index contributed by atoms with van der Waals surface area (Å²) in [7, 11) is 0. The highest BCUT2D eigenvalue weighted by molar-refractivity contribution is 6.17. The first kappa shape index (κ1) is 13.5. The summed E-state index contributed by atoms with van der Waals surface area (Å²) in [6.07, 6.45) is 2.66. The molecule has 1 N–H and O–H groups in total. The Bertz CT molecular complexity index is 378. The van der Waals surface area contributed by atoms with Crippen molar-refractivity contribution in [2.75, 3.05) is 25.1 Å². The van der Waals surface area contributed by atoms with Gasteiger partial charge in [-0.1, -0.05) is 0 Å². The molecule has 3 nitrogen and oxygen atoms in total. The van der Waals surface area contributed by atoms with Crippen LogP contribution in [0.4, 0.5) is 5.69 Å². The summed E-state index contributed by atoms with van der Waals surface area (Å²) in [6.45, 7) is 4.38. The predicted molar refractivity (Wildman–Crippen MR) is 74.6 cm³/mol. The Morgan fingerprint density at radius 1 is 1.50 bits per heavy atom. The highest BCUT2D eigenvalue weighted by Gasteiger charge is 2.15. The summed E-state index contributed by atoms with van der Waals surface area (Å²) in [5.41, 5.74) is 2.10. The second-order valence-corrected chi connectivity index (χ2v) is 4.67. The van der Waals surface area contributed by atoms with E-state index in [1.165, 1.54) is 6.42 Å². The fraction of sp³-hybridized carbons (Fsp3) is 0.571. The molecule has 0 aliphatic carbocycles. The van der Waals surface area contributed by atoms with Crippen LogP contribution in [0.15, 0.2) is 18.2 Å². The quantitative estimate of drug-likeness (QED) is 0.803. The van der Waals surface area contributed by atoms with Crippen molar-refractivity contribution in [3.8, 4) is 5.75 Å². The van der Waals surface area contributed by atoms with Crippen LogP contribution >= 0.6 is 11.6 Å². The monoisotopic (exact) mass is 269 g/mol. The molecule has 4 heteroatoms. The number of anilines is 1. The number of rotatable bonds is 6. The van der Waals surface area contributed by atoms with Gasteiger partial charge in [-0.05, 0) is 38.0 Å². The molecule has 0 bridgehead atoms. The van der Waals surface area contributed by atoms with E-state index >= 15 is 0 Å². The van der Waals surface area contributed by atoms with Crippen molar-refractivity contribution in [2.24, 2.45) is 0 Å². The third kappa shape index (κ3) is 3.53. The van der Waals surface area contributed by atoms with Crippen molar-refractivity contribution >= 4 is 17.3 Å². The number of benzene rings is 1. The summed E-state index contributed by atoms with van der Waals surface area (Å²) in [6, 6.07) is 6.04. The Labute approximate surface area is 113 Å². The van der Waals surface area contributed by atoms with Crippen LogP contribution in [0.25, 0.3) is 0 Å². The second-order valence-electron chi connectivity index (χ2n) is 4.41. The molecule has 1 atom stereocenters. The van der Waals surface area contributed by atoms with Gasteiger partial charge in [0.05, 0.1) is 18.6 Å². The molecule has 1 heterocycles. The highest BCUT2D eigenvalue weighted by atomic mass is 35.5. The molecule has 2 rings (SSSR count). The Hall–Kier alpha value is -0.930. The Morgan fingerprint density at radius 2 is 2.39 bits per heavy atom. The van der Waals surface area contributed by atoms with Gasteiger partial charge in [0.1, 0.15) is 5.75 Å². The molecule has 0 radical (unpaired) electrons. The van der Waals surface area contributed by atoms with Crippen molar-refractivity contribution in [3.05, 3.63) is 23.8 Å². The normalized spacial score (nSPS) is 18.9. The predicted octanol–water partition coefficient (Wildman–Crippen LogP) is 3.42. The first-order valence-electron chi connectivity index (χ1n) is 6.50. The number of alkyl halides is 1. The lowest BCUT2D eigenvalue weighted by molar-refractivity contribution is 0.120. The van der Waals surface area contributed by atoms with E-state index in [-0.39, 0.29) is 0 Å². The molecule has 1 fully saturated rings. The standard InChI is InChI=1S/C14H20ClNO2/c1-2-17-14-6-5-12(8-11(14)9-15)16-10-13-4-3-7-18-13/h5-6,8,13,16H,2-4,7,9-10H2,1H3. The zero-order valence-electron chi connectivity index (χ0n) is 10.7. The molecule has 0 spiro atoms. The van der Waals surface area contributed by atoms with Crippen molar-refractivity contribution < 1.29 is 9.47 Å². The maximum absolute atomic E-state index is 5.93. The minimum atomic E-state index is 0.344. The van der Waals surface area contributed by atoms with Crippen LogP contribution in [0.1, 0.15) is 25.3 Å². The van der Waals surface area contributed by atoms with Crippen LogP contribution in [0.5, 0.6) is 5.75 Å². The third-order valence-corrected chi connectivity index (χ3v) is 3.35. The summed E-state index contributed by atoms with van der Waals surface area (Å²) < 4.78 is 11.1. The van der Waals surface area contributed by atoms with Gasteiger partial charge >= 0.3 is 0 Å². The molecule has 0 aromatic heterocycles. The fourth-order valence-electron chi connectivity index (χ4n) is 2.13. The van der Waals surface area contributed by atoms with Crippen molar-refractivity contribution in [1.29, 1.82) is 0 Å². The highest BCUT2D eigenvalue weighted by Crippen LogP contribution is 2.25. The van der Waals surface area contributed by atoms with Crippen LogP contribution in [0, 0.1) is 0 Å². The van der Waals surface area contributed by atoms with Crippen LogP contribution in [-0.2, 0) is 10.6 Å². The molecule has 1 aromatic carbocycles. The van der Waals surface area contributed by atoms with E-state index in [9.17, 15) is 0 Å².